The molecule has 0 bridgehead atoms. The van der Waals surface area contributed by atoms with Gasteiger partial charge in [0.05, 0.1) is 17.7 Å². The second-order valence-electron chi connectivity index (χ2n) is 6.12. The molecule has 0 radical (unpaired) electrons. The molecule has 0 aliphatic carbocycles. The lowest BCUT2D eigenvalue weighted by Gasteiger charge is -2.22. The Labute approximate surface area is 140 Å². The zero-order valence-electron chi connectivity index (χ0n) is 13.3. The maximum atomic E-state index is 12.2. The van der Waals surface area contributed by atoms with Gasteiger partial charge in [0.15, 0.2) is 0 Å². The summed E-state index contributed by atoms with van der Waals surface area (Å²) in [6.45, 7) is 2.02. The second-order valence-corrected chi connectivity index (χ2v) is 6.12. The first kappa shape index (κ1) is 16.4. The van der Waals surface area contributed by atoms with Crippen molar-refractivity contribution in [1.29, 1.82) is 0 Å². The van der Waals surface area contributed by atoms with E-state index in [9.17, 15) is 14.4 Å². The van der Waals surface area contributed by atoms with E-state index in [2.05, 4.69) is 16.0 Å². The van der Waals surface area contributed by atoms with E-state index in [1.54, 1.807) is 24.3 Å². The van der Waals surface area contributed by atoms with E-state index in [0.29, 0.717) is 23.7 Å². The van der Waals surface area contributed by atoms with E-state index in [1.807, 2.05) is 0 Å². The van der Waals surface area contributed by atoms with Gasteiger partial charge in [0.2, 0.25) is 11.8 Å². The lowest BCUT2D eigenvalue weighted by atomic mass is 10.0. The molecule has 7 nitrogen and oxygen atoms in total. The highest BCUT2D eigenvalue weighted by molar-refractivity contribution is 6.10. The smallest absolute Gasteiger partial charge is 0.254 e. The molecule has 7 heteroatoms. The molecule has 1 fully saturated rings. The molecule has 0 unspecified atom stereocenters. The van der Waals surface area contributed by atoms with Crippen LogP contribution in [0.2, 0.25) is 0 Å². The summed E-state index contributed by atoms with van der Waals surface area (Å²) >= 11 is 0. The Morgan fingerprint density at radius 3 is 2.75 bits per heavy atom. The predicted octanol–water partition coefficient (Wildman–Crippen LogP) is 0.670. The SMILES string of the molecule is O=C(C[C@H]1NC(=O)c2ccccc2NC1=O)NCC1CCOCC1. The van der Waals surface area contributed by atoms with Crippen molar-refractivity contribution in [2.24, 2.45) is 5.92 Å². The molecular weight excluding hydrogens is 310 g/mol. The van der Waals surface area contributed by atoms with Gasteiger partial charge in [-0.15, -0.1) is 0 Å². The van der Waals surface area contributed by atoms with Gasteiger partial charge in [0.25, 0.3) is 5.91 Å². The zero-order chi connectivity index (χ0) is 16.9. The van der Waals surface area contributed by atoms with Gasteiger partial charge in [-0.1, -0.05) is 12.1 Å². The average Bonchev–Trinajstić information content (AvgIpc) is 2.71. The minimum Gasteiger partial charge on any atom is -0.381 e. The quantitative estimate of drug-likeness (QED) is 0.755. The molecule has 3 N–H and O–H groups in total. The molecule has 0 spiro atoms. The fourth-order valence-corrected chi connectivity index (χ4v) is 2.92. The first-order valence-electron chi connectivity index (χ1n) is 8.18. The summed E-state index contributed by atoms with van der Waals surface area (Å²) in [5, 5.41) is 8.17. The number of hydrogen-bond acceptors (Lipinski definition) is 4. The summed E-state index contributed by atoms with van der Waals surface area (Å²) in [5.74, 6) is -0.571. The summed E-state index contributed by atoms with van der Waals surface area (Å²) in [6.07, 6.45) is 1.78. The fraction of sp³-hybridized carbons (Fsp3) is 0.471. The van der Waals surface area contributed by atoms with E-state index in [4.69, 9.17) is 4.74 Å². The third-order valence-corrected chi connectivity index (χ3v) is 4.37. The largest absolute Gasteiger partial charge is 0.381 e. The minimum absolute atomic E-state index is 0.0746. The van der Waals surface area contributed by atoms with E-state index >= 15 is 0 Å². The van der Waals surface area contributed by atoms with Crippen LogP contribution in [0.25, 0.3) is 0 Å². The van der Waals surface area contributed by atoms with Gasteiger partial charge in [-0.3, -0.25) is 14.4 Å². The number of hydrogen-bond donors (Lipinski definition) is 3. The van der Waals surface area contributed by atoms with Crippen LogP contribution in [0.3, 0.4) is 0 Å². The minimum atomic E-state index is -0.875. The molecule has 3 amide bonds. The number of carbonyl (C=O) groups is 3. The van der Waals surface area contributed by atoms with Crippen molar-refractivity contribution in [3.63, 3.8) is 0 Å². The number of rotatable bonds is 4. The van der Waals surface area contributed by atoms with E-state index < -0.39 is 6.04 Å². The van der Waals surface area contributed by atoms with Crippen molar-refractivity contribution >= 4 is 23.4 Å². The predicted molar refractivity (Wildman–Crippen MR) is 87.5 cm³/mol. The number of ether oxygens (including phenoxy) is 1. The number of benzene rings is 1. The molecule has 1 aromatic rings. The molecule has 1 saturated heterocycles. The molecule has 2 heterocycles. The molecule has 0 saturated carbocycles. The topological polar surface area (TPSA) is 96.5 Å². The first-order chi connectivity index (χ1) is 11.6. The number of amides is 3. The lowest BCUT2D eigenvalue weighted by molar-refractivity contribution is -0.125. The Morgan fingerprint density at radius 1 is 1.21 bits per heavy atom. The number of nitrogens with one attached hydrogen (secondary N) is 3. The third kappa shape index (κ3) is 3.91. The van der Waals surface area contributed by atoms with Crippen LogP contribution in [-0.4, -0.2) is 43.5 Å². The van der Waals surface area contributed by atoms with Crippen LogP contribution >= 0.6 is 0 Å². The van der Waals surface area contributed by atoms with Crippen molar-refractivity contribution in [2.45, 2.75) is 25.3 Å². The molecule has 128 valence electrons. The number of para-hydroxylation sites is 1. The Balaban J connectivity index is 1.56. The van der Waals surface area contributed by atoms with E-state index in [-0.39, 0.29) is 24.1 Å². The Hall–Kier alpha value is -2.41. The van der Waals surface area contributed by atoms with Gasteiger partial charge < -0.3 is 20.7 Å². The van der Waals surface area contributed by atoms with Crippen molar-refractivity contribution in [2.75, 3.05) is 25.1 Å². The number of carbonyl (C=O) groups excluding carboxylic acids is 3. The molecular formula is C17H21N3O4. The highest BCUT2D eigenvalue weighted by Gasteiger charge is 2.29. The van der Waals surface area contributed by atoms with Gasteiger partial charge in [-0.05, 0) is 30.9 Å². The van der Waals surface area contributed by atoms with Crippen LogP contribution in [0.5, 0.6) is 0 Å². The summed E-state index contributed by atoms with van der Waals surface area (Å²) in [5.41, 5.74) is 0.862. The van der Waals surface area contributed by atoms with Crippen LogP contribution in [0, 0.1) is 5.92 Å². The van der Waals surface area contributed by atoms with Crippen LogP contribution in [0.15, 0.2) is 24.3 Å². The third-order valence-electron chi connectivity index (χ3n) is 4.37. The van der Waals surface area contributed by atoms with Crippen molar-refractivity contribution in [3.05, 3.63) is 29.8 Å². The van der Waals surface area contributed by atoms with Gasteiger partial charge in [-0.2, -0.15) is 0 Å². The summed E-state index contributed by atoms with van der Waals surface area (Å²) in [4.78, 5) is 36.6. The zero-order valence-corrected chi connectivity index (χ0v) is 13.3. The van der Waals surface area contributed by atoms with Crippen LogP contribution in [0.4, 0.5) is 5.69 Å². The van der Waals surface area contributed by atoms with Crippen molar-refractivity contribution in [3.8, 4) is 0 Å². The van der Waals surface area contributed by atoms with E-state index in [0.717, 1.165) is 26.1 Å². The second kappa shape index (κ2) is 7.44. The van der Waals surface area contributed by atoms with Gasteiger partial charge in [-0.25, -0.2) is 0 Å². The molecule has 3 rings (SSSR count). The molecule has 24 heavy (non-hydrogen) atoms. The van der Waals surface area contributed by atoms with Crippen LogP contribution in [0.1, 0.15) is 29.6 Å². The molecule has 1 atom stereocenters. The van der Waals surface area contributed by atoms with Gasteiger partial charge >= 0.3 is 0 Å². The fourth-order valence-electron chi connectivity index (χ4n) is 2.92. The van der Waals surface area contributed by atoms with Crippen LogP contribution in [-0.2, 0) is 14.3 Å². The lowest BCUT2D eigenvalue weighted by Crippen LogP contribution is -2.45. The normalized spacial score (nSPS) is 21.2. The number of anilines is 1. The summed E-state index contributed by atoms with van der Waals surface area (Å²) < 4.78 is 5.29. The maximum Gasteiger partial charge on any atom is 0.254 e. The first-order valence-corrected chi connectivity index (χ1v) is 8.18. The van der Waals surface area contributed by atoms with Crippen molar-refractivity contribution in [1.82, 2.24) is 10.6 Å². The summed E-state index contributed by atoms with van der Waals surface area (Å²) in [7, 11) is 0. The monoisotopic (exact) mass is 331 g/mol. The Morgan fingerprint density at radius 2 is 1.96 bits per heavy atom. The molecule has 0 aromatic heterocycles. The number of fused-ring (bicyclic) bond motifs is 1. The van der Waals surface area contributed by atoms with E-state index in [1.165, 1.54) is 0 Å². The Bertz CT molecular complexity index is 640. The highest BCUT2D eigenvalue weighted by Crippen LogP contribution is 2.19. The maximum absolute atomic E-state index is 12.2. The average molecular weight is 331 g/mol. The molecule has 2 aliphatic heterocycles. The van der Waals surface area contributed by atoms with Crippen LogP contribution < -0.4 is 16.0 Å². The van der Waals surface area contributed by atoms with Gasteiger partial charge in [0.1, 0.15) is 6.04 Å². The highest BCUT2D eigenvalue weighted by atomic mass is 16.5. The summed E-state index contributed by atoms with van der Waals surface area (Å²) in [6, 6.07) is 5.90. The Kier molecular flexibility index (Phi) is 5.10. The van der Waals surface area contributed by atoms with Crippen molar-refractivity contribution < 1.29 is 19.1 Å². The standard InChI is InChI=1S/C17H21N3O4/c21-15(18-10-11-5-7-24-8-6-11)9-14-17(23)19-13-4-2-1-3-12(13)16(22)20-14/h1-4,11,14H,5-10H2,(H,18,21)(H,19,23)(H,20,22)/t14-/m1/s1. The molecule has 2 aliphatic rings. The molecule has 1 aromatic carbocycles. The van der Waals surface area contributed by atoms with Gasteiger partial charge in [0, 0.05) is 19.8 Å².